The first kappa shape index (κ1) is 19.5. The van der Waals surface area contributed by atoms with Crippen molar-refractivity contribution >= 4 is 39.0 Å². The Balaban J connectivity index is 1.67. The van der Waals surface area contributed by atoms with Crippen LogP contribution in [0.4, 0.5) is 11.5 Å². The van der Waals surface area contributed by atoms with E-state index < -0.39 is 10.0 Å². The van der Waals surface area contributed by atoms with Gasteiger partial charge < -0.3 is 10.6 Å². The molecule has 1 amide bonds. The minimum absolute atomic E-state index is 0.0722. The number of para-hydroxylation sites is 1. The fourth-order valence-corrected chi connectivity index (χ4v) is 3.95. The van der Waals surface area contributed by atoms with Gasteiger partial charge in [-0.1, -0.05) is 12.1 Å². The summed E-state index contributed by atoms with van der Waals surface area (Å²) in [5.74, 6) is 0.257. The van der Waals surface area contributed by atoms with Crippen LogP contribution >= 0.6 is 11.6 Å². The Morgan fingerprint density at radius 2 is 1.93 bits per heavy atom. The zero-order valence-electron chi connectivity index (χ0n) is 14.7. The molecule has 0 saturated carbocycles. The van der Waals surface area contributed by atoms with Gasteiger partial charge in [-0.3, -0.25) is 4.79 Å². The lowest BCUT2D eigenvalue weighted by molar-refractivity contribution is 0.0925. The summed E-state index contributed by atoms with van der Waals surface area (Å²) in [5, 5.41) is 6.17. The van der Waals surface area contributed by atoms with Gasteiger partial charge in [0.05, 0.1) is 17.5 Å². The van der Waals surface area contributed by atoms with Crippen LogP contribution in [0, 0.1) is 0 Å². The number of benzene rings is 1. The van der Waals surface area contributed by atoms with Crippen LogP contribution in [0.5, 0.6) is 0 Å². The maximum absolute atomic E-state index is 12.7. The molecule has 1 aromatic carbocycles. The quantitative estimate of drug-likeness (QED) is 0.732. The van der Waals surface area contributed by atoms with E-state index in [-0.39, 0.29) is 17.2 Å². The second kappa shape index (κ2) is 8.20. The highest BCUT2D eigenvalue weighted by Gasteiger charge is 2.26. The largest absolute Gasteiger partial charge is 0.349 e. The summed E-state index contributed by atoms with van der Waals surface area (Å²) in [6.07, 6.45) is 3.88. The van der Waals surface area contributed by atoms with Gasteiger partial charge in [-0.2, -0.15) is 0 Å². The standard InChI is InChI=1S/C17H20ClN5O3S/c1-27(25,26)23-10-7-12(8-11-23)20-16(24)13-4-2-3-5-14(13)21-15-6-9-19-17(18)22-15/h2-6,9,12H,7-8,10-11H2,1H3,(H,20,24)(H,19,21,22). The molecule has 1 fully saturated rings. The molecule has 2 N–H and O–H groups in total. The number of halogens is 1. The molecule has 2 aromatic rings. The SMILES string of the molecule is CS(=O)(=O)N1CCC(NC(=O)c2ccccc2Nc2ccnc(Cl)n2)CC1. The average molecular weight is 410 g/mol. The predicted octanol–water partition coefficient (Wildman–Crippen LogP) is 2.03. The van der Waals surface area contributed by atoms with Crippen LogP contribution in [-0.2, 0) is 10.0 Å². The molecule has 1 aliphatic heterocycles. The number of amides is 1. The van der Waals surface area contributed by atoms with Crippen molar-refractivity contribution in [3.8, 4) is 0 Å². The highest BCUT2D eigenvalue weighted by molar-refractivity contribution is 7.88. The van der Waals surface area contributed by atoms with Crippen molar-refractivity contribution in [2.75, 3.05) is 24.7 Å². The predicted molar refractivity (Wildman–Crippen MR) is 104 cm³/mol. The number of sulfonamides is 1. The van der Waals surface area contributed by atoms with Gasteiger partial charge in [0.15, 0.2) is 0 Å². The number of carbonyl (C=O) groups excluding carboxylic acids is 1. The smallest absolute Gasteiger partial charge is 0.253 e. The minimum Gasteiger partial charge on any atom is -0.349 e. The summed E-state index contributed by atoms with van der Waals surface area (Å²) < 4.78 is 24.6. The zero-order valence-corrected chi connectivity index (χ0v) is 16.3. The molecule has 0 aliphatic carbocycles. The van der Waals surface area contributed by atoms with E-state index in [0.29, 0.717) is 43.0 Å². The molecule has 27 heavy (non-hydrogen) atoms. The fourth-order valence-electron chi connectivity index (χ4n) is 2.93. The van der Waals surface area contributed by atoms with Crippen LogP contribution in [0.1, 0.15) is 23.2 Å². The number of nitrogens with one attached hydrogen (secondary N) is 2. The van der Waals surface area contributed by atoms with Crippen LogP contribution in [-0.4, -0.2) is 54.0 Å². The second-order valence-corrected chi connectivity index (χ2v) is 8.61. The van der Waals surface area contributed by atoms with Crippen LogP contribution < -0.4 is 10.6 Å². The number of nitrogens with zero attached hydrogens (tertiary/aromatic N) is 3. The van der Waals surface area contributed by atoms with Gasteiger partial charge in [0.25, 0.3) is 5.91 Å². The molecule has 2 heterocycles. The van der Waals surface area contributed by atoms with Crippen LogP contribution in [0.2, 0.25) is 5.28 Å². The minimum atomic E-state index is -3.19. The van der Waals surface area contributed by atoms with Gasteiger partial charge in [0.2, 0.25) is 15.3 Å². The summed E-state index contributed by atoms with van der Waals surface area (Å²) in [6, 6.07) is 8.66. The molecule has 0 radical (unpaired) electrons. The Morgan fingerprint density at radius 3 is 2.59 bits per heavy atom. The van der Waals surface area contributed by atoms with Crippen LogP contribution in [0.15, 0.2) is 36.5 Å². The van der Waals surface area contributed by atoms with Gasteiger partial charge in [-0.05, 0) is 42.6 Å². The van der Waals surface area contributed by atoms with E-state index in [1.165, 1.54) is 16.8 Å². The van der Waals surface area contributed by atoms with Gasteiger partial charge >= 0.3 is 0 Å². The molecule has 144 valence electrons. The third-order valence-electron chi connectivity index (χ3n) is 4.32. The molecular formula is C17H20ClN5O3S. The average Bonchev–Trinajstić information content (AvgIpc) is 2.62. The maximum atomic E-state index is 12.7. The number of piperidine rings is 1. The maximum Gasteiger partial charge on any atom is 0.253 e. The summed E-state index contributed by atoms with van der Waals surface area (Å²) in [5.41, 5.74) is 1.07. The van der Waals surface area contributed by atoms with Crippen molar-refractivity contribution in [2.45, 2.75) is 18.9 Å². The number of anilines is 2. The second-order valence-electron chi connectivity index (χ2n) is 6.29. The van der Waals surface area contributed by atoms with E-state index in [4.69, 9.17) is 11.6 Å². The zero-order chi connectivity index (χ0) is 19.4. The summed E-state index contributed by atoms with van der Waals surface area (Å²) in [6.45, 7) is 0.812. The Morgan fingerprint density at radius 1 is 1.22 bits per heavy atom. The normalized spacial score (nSPS) is 16.1. The number of aromatic nitrogens is 2. The Bertz CT molecular complexity index is 930. The van der Waals surface area contributed by atoms with Crippen molar-refractivity contribution in [3.63, 3.8) is 0 Å². The van der Waals surface area contributed by atoms with Crippen molar-refractivity contribution in [1.29, 1.82) is 0 Å². The number of hydrogen-bond donors (Lipinski definition) is 2. The van der Waals surface area contributed by atoms with Crippen molar-refractivity contribution < 1.29 is 13.2 Å². The van der Waals surface area contributed by atoms with E-state index >= 15 is 0 Å². The number of rotatable bonds is 5. The van der Waals surface area contributed by atoms with E-state index in [0.717, 1.165) is 0 Å². The van der Waals surface area contributed by atoms with Crippen LogP contribution in [0.25, 0.3) is 0 Å². The van der Waals surface area contributed by atoms with E-state index in [1.807, 2.05) is 6.07 Å². The first-order valence-electron chi connectivity index (χ1n) is 8.43. The summed E-state index contributed by atoms with van der Waals surface area (Å²) in [4.78, 5) is 20.6. The Kier molecular flexibility index (Phi) is 5.93. The highest BCUT2D eigenvalue weighted by atomic mass is 35.5. The van der Waals surface area contributed by atoms with Gasteiger partial charge in [-0.25, -0.2) is 22.7 Å². The third-order valence-corrected chi connectivity index (χ3v) is 5.80. The van der Waals surface area contributed by atoms with Gasteiger partial charge in [-0.15, -0.1) is 0 Å². The molecule has 0 bridgehead atoms. The summed E-state index contributed by atoms with van der Waals surface area (Å²) >= 11 is 5.80. The molecule has 0 unspecified atom stereocenters. The topological polar surface area (TPSA) is 104 Å². The molecule has 1 saturated heterocycles. The fraction of sp³-hybridized carbons (Fsp3) is 0.353. The molecule has 8 nitrogen and oxygen atoms in total. The molecular weight excluding hydrogens is 390 g/mol. The first-order chi connectivity index (χ1) is 12.8. The van der Waals surface area contributed by atoms with Crippen molar-refractivity contribution in [2.24, 2.45) is 0 Å². The summed E-state index contributed by atoms with van der Waals surface area (Å²) in [7, 11) is -3.19. The van der Waals surface area contributed by atoms with Gasteiger partial charge in [0.1, 0.15) is 5.82 Å². The molecule has 1 aromatic heterocycles. The lowest BCUT2D eigenvalue weighted by atomic mass is 10.1. The number of carbonyl (C=O) groups is 1. The van der Waals surface area contributed by atoms with Crippen molar-refractivity contribution in [3.05, 3.63) is 47.4 Å². The lowest BCUT2D eigenvalue weighted by Gasteiger charge is -2.30. The molecule has 3 rings (SSSR count). The highest BCUT2D eigenvalue weighted by Crippen LogP contribution is 2.21. The van der Waals surface area contributed by atoms with E-state index in [1.54, 1.807) is 24.3 Å². The monoisotopic (exact) mass is 409 g/mol. The van der Waals surface area contributed by atoms with Crippen molar-refractivity contribution in [1.82, 2.24) is 19.6 Å². The Hall–Kier alpha value is -2.23. The third kappa shape index (κ3) is 5.15. The first-order valence-corrected chi connectivity index (χ1v) is 10.7. The van der Waals surface area contributed by atoms with Crippen LogP contribution in [0.3, 0.4) is 0 Å². The van der Waals surface area contributed by atoms with Gasteiger partial charge in [0, 0.05) is 25.3 Å². The molecule has 0 spiro atoms. The van der Waals surface area contributed by atoms with E-state index in [2.05, 4.69) is 20.6 Å². The number of hydrogen-bond acceptors (Lipinski definition) is 6. The molecule has 10 heteroatoms. The molecule has 0 atom stereocenters. The lowest BCUT2D eigenvalue weighted by Crippen LogP contribution is -2.46. The molecule has 1 aliphatic rings. The Labute approximate surface area is 163 Å². The van der Waals surface area contributed by atoms with E-state index in [9.17, 15) is 13.2 Å².